The molecule has 0 saturated carbocycles. The van der Waals surface area contributed by atoms with Crippen LogP contribution in [0.1, 0.15) is 23.6 Å². The van der Waals surface area contributed by atoms with E-state index in [0.29, 0.717) is 33.6 Å². The number of hydrogen-bond acceptors (Lipinski definition) is 6. The second kappa shape index (κ2) is 6.35. The van der Waals surface area contributed by atoms with E-state index in [-0.39, 0.29) is 13.3 Å². The van der Waals surface area contributed by atoms with Gasteiger partial charge >= 0.3 is 11.7 Å². The summed E-state index contributed by atoms with van der Waals surface area (Å²) in [5, 5.41) is 3.45. The van der Waals surface area contributed by atoms with Gasteiger partial charge in [-0.05, 0) is 48.7 Å². The Bertz CT molecular complexity index is 1280. The van der Waals surface area contributed by atoms with Gasteiger partial charge in [0.1, 0.15) is 11.1 Å². The number of carbonyl (C=O) groups is 2. The number of hydrogen-bond donors (Lipinski definition) is 1. The van der Waals surface area contributed by atoms with Crippen molar-refractivity contribution < 1.29 is 23.5 Å². The van der Waals surface area contributed by atoms with Crippen molar-refractivity contribution in [2.45, 2.75) is 25.9 Å². The Labute approximate surface area is 171 Å². The van der Waals surface area contributed by atoms with Crippen molar-refractivity contribution in [3.05, 3.63) is 69.6 Å². The molecule has 3 aromatic rings. The van der Waals surface area contributed by atoms with Gasteiger partial charge < -0.3 is 19.2 Å². The molecule has 3 heterocycles. The van der Waals surface area contributed by atoms with Crippen LogP contribution < -0.4 is 20.4 Å². The summed E-state index contributed by atoms with van der Waals surface area (Å²) in [7, 11) is 0. The summed E-state index contributed by atoms with van der Waals surface area (Å²) in [6.45, 7) is 3.60. The van der Waals surface area contributed by atoms with Gasteiger partial charge in [0, 0.05) is 11.5 Å². The lowest BCUT2D eigenvalue weighted by molar-refractivity contribution is -0.131. The van der Waals surface area contributed by atoms with Gasteiger partial charge in [0.05, 0.1) is 6.54 Å². The number of benzene rings is 2. The van der Waals surface area contributed by atoms with E-state index in [1.807, 2.05) is 19.1 Å². The van der Waals surface area contributed by atoms with E-state index in [9.17, 15) is 14.4 Å². The molecule has 0 spiro atoms. The number of ether oxygens (including phenoxy) is 2. The van der Waals surface area contributed by atoms with E-state index in [1.165, 1.54) is 6.07 Å². The third kappa shape index (κ3) is 2.72. The topological polar surface area (TPSA) is 98.1 Å². The second-order valence-corrected chi connectivity index (χ2v) is 7.60. The fraction of sp³-hybridized carbons (Fsp3) is 0.227. The number of fused-ring (bicyclic) bond motifs is 2. The number of nitrogens with zero attached hydrogens (tertiary/aromatic N) is 1. The molecule has 8 nitrogen and oxygen atoms in total. The average molecular weight is 406 g/mol. The Kier molecular flexibility index (Phi) is 3.86. The smallest absolute Gasteiger partial charge is 0.336 e. The molecular weight excluding hydrogens is 388 g/mol. The summed E-state index contributed by atoms with van der Waals surface area (Å²) in [6, 6.07) is 11.4. The zero-order valence-corrected chi connectivity index (χ0v) is 16.4. The van der Waals surface area contributed by atoms with Gasteiger partial charge in [-0.15, -0.1) is 0 Å². The molecule has 3 amide bonds. The number of aryl methyl sites for hydroxylation is 1. The molecule has 0 unspecified atom stereocenters. The number of amides is 3. The minimum Gasteiger partial charge on any atom is -0.454 e. The van der Waals surface area contributed by atoms with Crippen LogP contribution in [-0.2, 0) is 16.9 Å². The summed E-state index contributed by atoms with van der Waals surface area (Å²) in [4.78, 5) is 39.1. The lowest BCUT2D eigenvalue weighted by Crippen LogP contribution is -2.40. The normalized spacial score (nSPS) is 20.1. The van der Waals surface area contributed by atoms with Gasteiger partial charge in [0.25, 0.3) is 5.91 Å². The summed E-state index contributed by atoms with van der Waals surface area (Å²) in [6.07, 6.45) is 0. The molecule has 1 N–H and O–H groups in total. The Morgan fingerprint density at radius 2 is 1.83 bits per heavy atom. The van der Waals surface area contributed by atoms with Gasteiger partial charge in [-0.2, -0.15) is 0 Å². The van der Waals surface area contributed by atoms with Gasteiger partial charge in [-0.3, -0.25) is 9.69 Å². The molecule has 1 fully saturated rings. The molecule has 2 aliphatic rings. The van der Waals surface area contributed by atoms with Crippen molar-refractivity contribution in [1.82, 2.24) is 10.2 Å². The molecule has 0 radical (unpaired) electrons. The molecule has 0 aliphatic carbocycles. The zero-order chi connectivity index (χ0) is 21.0. The van der Waals surface area contributed by atoms with Crippen LogP contribution >= 0.6 is 0 Å². The monoisotopic (exact) mass is 406 g/mol. The Hall–Kier alpha value is -3.81. The third-order valence-electron chi connectivity index (χ3n) is 5.54. The van der Waals surface area contributed by atoms with Crippen LogP contribution in [0, 0.1) is 6.92 Å². The van der Waals surface area contributed by atoms with Gasteiger partial charge in [-0.1, -0.05) is 18.2 Å². The SMILES string of the molecule is Cc1ccc2c(CN3C(=O)N[C@](C)(c4ccc5c(c4)OCO5)C3=O)cc(=O)oc2c1. The maximum Gasteiger partial charge on any atom is 0.336 e. The third-order valence-corrected chi connectivity index (χ3v) is 5.54. The van der Waals surface area contributed by atoms with Crippen LogP contribution in [0.3, 0.4) is 0 Å². The first kappa shape index (κ1) is 18.2. The van der Waals surface area contributed by atoms with Gasteiger partial charge in [0.2, 0.25) is 6.79 Å². The molecule has 0 bridgehead atoms. The molecule has 152 valence electrons. The minimum absolute atomic E-state index is 0.0457. The van der Waals surface area contributed by atoms with E-state index in [0.717, 1.165) is 10.5 Å². The fourth-order valence-electron chi connectivity index (χ4n) is 3.88. The average Bonchev–Trinajstić information content (AvgIpc) is 3.25. The number of urea groups is 1. The van der Waals surface area contributed by atoms with Crippen LogP contribution in [-0.4, -0.2) is 23.6 Å². The first-order chi connectivity index (χ1) is 14.3. The van der Waals surface area contributed by atoms with Crippen LogP contribution in [0.25, 0.3) is 11.0 Å². The Morgan fingerprint density at radius 1 is 1.03 bits per heavy atom. The molecule has 2 aliphatic heterocycles. The van der Waals surface area contributed by atoms with Crippen molar-refractivity contribution >= 4 is 22.9 Å². The Morgan fingerprint density at radius 3 is 2.67 bits per heavy atom. The van der Waals surface area contributed by atoms with E-state index < -0.39 is 23.1 Å². The second-order valence-electron chi connectivity index (χ2n) is 7.60. The Balaban J connectivity index is 1.51. The van der Waals surface area contributed by atoms with E-state index in [2.05, 4.69) is 5.32 Å². The largest absolute Gasteiger partial charge is 0.454 e. The van der Waals surface area contributed by atoms with Crippen molar-refractivity contribution in [2.75, 3.05) is 6.79 Å². The lowest BCUT2D eigenvalue weighted by Gasteiger charge is -2.22. The van der Waals surface area contributed by atoms with Crippen LogP contribution in [0.5, 0.6) is 11.5 Å². The van der Waals surface area contributed by atoms with E-state index in [4.69, 9.17) is 13.9 Å². The van der Waals surface area contributed by atoms with Crippen LogP contribution in [0.4, 0.5) is 4.79 Å². The molecule has 5 rings (SSSR count). The molecule has 1 atom stereocenters. The summed E-state index contributed by atoms with van der Waals surface area (Å²) in [5.74, 6) is 0.699. The van der Waals surface area contributed by atoms with Crippen molar-refractivity contribution in [1.29, 1.82) is 0 Å². The van der Waals surface area contributed by atoms with E-state index >= 15 is 0 Å². The molecule has 8 heteroatoms. The maximum atomic E-state index is 13.3. The van der Waals surface area contributed by atoms with Gasteiger partial charge in [0.15, 0.2) is 11.5 Å². The summed E-state index contributed by atoms with van der Waals surface area (Å²) >= 11 is 0. The fourth-order valence-corrected chi connectivity index (χ4v) is 3.88. The molecule has 30 heavy (non-hydrogen) atoms. The first-order valence-corrected chi connectivity index (χ1v) is 9.43. The highest BCUT2D eigenvalue weighted by Gasteiger charge is 2.49. The first-order valence-electron chi connectivity index (χ1n) is 9.43. The number of imide groups is 1. The number of rotatable bonds is 3. The van der Waals surface area contributed by atoms with Crippen molar-refractivity contribution in [2.24, 2.45) is 0 Å². The standard InChI is InChI=1S/C22H18N2O6/c1-12-3-5-15-13(8-19(25)30-17(15)7-12)10-24-20(26)22(2,23-21(24)27)14-4-6-16-18(9-14)29-11-28-16/h3-9H,10-11H2,1-2H3,(H,23,27)/t22-/m1/s1. The predicted octanol–water partition coefficient (Wildman–Crippen LogP) is 2.80. The quantitative estimate of drug-likeness (QED) is 0.531. The van der Waals surface area contributed by atoms with Crippen LogP contribution in [0.15, 0.2) is 51.7 Å². The predicted molar refractivity (Wildman–Crippen MR) is 106 cm³/mol. The lowest BCUT2D eigenvalue weighted by atomic mass is 9.91. The summed E-state index contributed by atoms with van der Waals surface area (Å²) in [5.41, 5.74) is 0.689. The molecule has 1 saturated heterocycles. The molecular formula is C22H18N2O6. The molecule has 1 aromatic heterocycles. The van der Waals surface area contributed by atoms with E-state index in [1.54, 1.807) is 31.2 Å². The number of nitrogens with one attached hydrogen (secondary N) is 1. The van der Waals surface area contributed by atoms with Crippen LogP contribution in [0.2, 0.25) is 0 Å². The zero-order valence-electron chi connectivity index (χ0n) is 16.4. The highest BCUT2D eigenvalue weighted by molar-refractivity contribution is 6.07. The maximum absolute atomic E-state index is 13.3. The van der Waals surface area contributed by atoms with Gasteiger partial charge in [-0.25, -0.2) is 9.59 Å². The number of carbonyl (C=O) groups excluding carboxylic acids is 2. The highest BCUT2D eigenvalue weighted by atomic mass is 16.7. The molecule has 2 aromatic carbocycles. The highest BCUT2D eigenvalue weighted by Crippen LogP contribution is 2.38. The van der Waals surface area contributed by atoms with Crippen molar-refractivity contribution in [3.8, 4) is 11.5 Å². The van der Waals surface area contributed by atoms with Crippen molar-refractivity contribution in [3.63, 3.8) is 0 Å². The summed E-state index contributed by atoms with van der Waals surface area (Å²) < 4.78 is 16.0. The minimum atomic E-state index is -1.26.